The van der Waals surface area contributed by atoms with E-state index in [1.165, 1.54) is 25.3 Å². The van der Waals surface area contributed by atoms with Crippen LogP contribution in [0.5, 0.6) is 0 Å². The first-order chi connectivity index (χ1) is 16.6. The van der Waals surface area contributed by atoms with Crippen molar-refractivity contribution in [3.05, 3.63) is 62.5 Å². The Bertz CT molecular complexity index is 1100. The zero-order valence-corrected chi connectivity index (χ0v) is 20.5. The van der Waals surface area contributed by atoms with E-state index in [4.69, 9.17) is 14.2 Å². The second-order valence-corrected chi connectivity index (χ2v) is 8.94. The van der Waals surface area contributed by atoms with E-state index in [0.717, 1.165) is 0 Å². The fourth-order valence-corrected chi connectivity index (χ4v) is 4.60. The second-order valence-electron chi connectivity index (χ2n) is 8.94. The SMILES string of the molecule is COC(=O)[C@H]1C(=O)C2=C(C[C@H]1C)NC(C)=C(C(=O)OCCOC(C)C)[C@H]2c1cccc([N+](=O)[O-])c1. The summed E-state index contributed by atoms with van der Waals surface area (Å²) < 4.78 is 15.7. The summed E-state index contributed by atoms with van der Waals surface area (Å²) in [6.45, 7) is 7.39. The first kappa shape index (κ1) is 26.1. The molecule has 35 heavy (non-hydrogen) atoms. The monoisotopic (exact) mass is 486 g/mol. The van der Waals surface area contributed by atoms with Crippen molar-refractivity contribution in [3.63, 3.8) is 0 Å². The topological polar surface area (TPSA) is 134 Å². The van der Waals surface area contributed by atoms with E-state index in [1.54, 1.807) is 19.9 Å². The van der Waals surface area contributed by atoms with Crippen LogP contribution in [0.4, 0.5) is 5.69 Å². The number of esters is 2. The summed E-state index contributed by atoms with van der Waals surface area (Å²) in [6.07, 6.45) is 0.335. The van der Waals surface area contributed by atoms with E-state index in [2.05, 4.69) is 5.32 Å². The number of nitrogens with one attached hydrogen (secondary N) is 1. The van der Waals surface area contributed by atoms with Gasteiger partial charge < -0.3 is 19.5 Å². The maximum absolute atomic E-state index is 13.7. The molecule has 3 rings (SSSR count). The van der Waals surface area contributed by atoms with Gasteiger partial charge in [0.25, 0.3) is 5.69 Å². The number of nitro benzene ring substituents is 1. The number of non-ortho nitro benzene ring substituents is 1. The van der Waals surface area contributed by atoms with Gasteiger partial charge in [0.2, 0.25) is 0 Å². The van der Waals surface area contributed by atoms with E-state index >= 15 is 0 Å². The number of hydrogen-bond acceptors (Lipinski definition) is 9. The van der Waals surface area contributed by atoms with Gasteiger partial charge in [0.15, 0.2) is 5.78 Å². The normalized spacial score (nSPS) is 22.0. The molecule has 2 aliphatic rings. The lowest BCUT2D eigenvalue weighted by Crippen LogP contribution is -2.43. The number of carbonyl (C=O) groups excluding carboxylic acids is 3. The predicted molar refractivity (Wildman–Crippen MR) is 125 cm³/mol. The number of rotatable bonds is 8. The van der Waals surface area contributed by atoms with E-state index in [-0.39, 0.29) is 42.1 Å². The minimum Gasteiger partial charge on any atom is -0.468 e. The van der Waals surface area contributed by atoms with Crippen LogP contribution in [0.3, 0.4) is 0 Å². The molecule has 0 saturated heterocycles. The molecule has 0 amide bonds. The van der Waals surface area contributed by atoms with Crippen LogP contribution in [0.1, 0.15) is 45.6 Å². The van der Waals surface area contributed by atoms with E-state index in [9.17, 15) is 24.5 Å². The average molecular weight is 487 g/mol. The number of methoxy groups -OCH3 is 1. The van der Waals surface area contributed by atoms with Crippen molar-refractivity contribution in [3.8, 4) is 0 Å². The first-order valence-corrected chi connectivity index (χ1v) is 11.4. The van der Waals surface area contributed by atoms with Gasteiger partial charge >= 0.3 is 11.9 Å². The van der Waals surface area contributed by atoms with Crippen LogP contribution < -0.4 is 5.32 Å². The summed E-state index contributed by atoms with van der Waals surface area (Å²) in [5.41, 5.74) is 1.63. The van der Waals surface area contributed by atoms with Crippen molar-refractivity contribution in [2.24, 2.45) is 11.8 Å². The molecular formula is C25H30N2O8. The number of nitro groups is 1. The molecule has 0 unspecified atom stereocenters. The molecule has 0 fully saturated rings. The molecule has 1 aliphatic carbocycles. The Hall–Kier alpha value is -3.53. The van der Waals surface area contributed by atoms with Crippen LogP contribution in [0.2, 0.25) is 0 Å². The maximum Gasteiger partial charge on any atom is 0.336 e. The minimum absolute atomic E-state index is 0.00286. The van der Waals surface area contributed by atoms with Crippen LogP contribution >= 0.6 is 0 Å². The van der Waals surface area contributed by atoms with Crippen LogP contribution in [-0.4, -0.2) is 49.1 Å². The number of allylic oxidation sites excluding steroid dienone is 3. The van der Waals surface area contributed by atoms with E-state index in [0.29, 0.717) is 23.4 Å². The minimum atomic E-state index is -1.04. The highest BCUT2D eigenvalue weighted by Gasteiger charge is 2.47. The highest BCUT2D eigenvalue weighted by Crippen LogP contribution is 2.45. The Morgan fingerprint density at radius 2 is 1.97 bits per heavy atom. The molecule has 0 spiro atoms. The lowest BCUT2D eigenvalue weighted by Gasteiger charge is -2.38. The zero-order valence-electron chi connectivity index (χ0n) is 20.5. The Morgan fingerprint density at radius 1 is 1.26 bits per heavy atom. The quantitative estimate of drug-likeness (QED) is 0.193. The highest BCUT2D eigenvalue weighted by atomic mass is 16.6. The van der Waals surface area contributed by atoms with Gasteiger partial charge in [-0.1, -0.05) is 19.1 Å². The summed E-state index contributed by atoms with van der Waals surface area (Å²) in [5.74, 6) is -4.13. The van der Waals surface area contributed by atoms with Crippen LogP contribution in [0.25, 0.3) is 0 Å². The van der Waals surface area contributed by atoms with Gasteiger partial charge in [-0.2, -0.15) is 0 Å². The summed E-state index contributed by atoms with van der Waals surface area (Å²) in [5, 5.41) is 14.6. The van der Waals surface area contributed by atoms with Gasteiger partial charge in [-0.25, -0.2) is 4.79 Å². The lowest BCUT2D eigenvalue weighted by atomic mass is 9.69. The molecule has 10 heteroatoms. The van der Waals surface area contributed by atoms with Crippen molar-refractivity contribution in [1.82, 2.24) is 5.32 Å². The summed E-state index contributed by atoms with van der Waals surface area (Å²) in [6, 6.07) is 5.79. The molecule has 1 aliphatic heterocycles. The van der Waals surface area contributed by atoms with E-state index in [1.807, 2.05) is 13.8 Å². The second kappa shape index (κ2) is 10.8. The van der Waals surface area contributed by atoms with Crippen LogP contribution in [0, 0.1) is 22.0 Å². The van der Waals surface area contributed by atoms with Gasteiger partial charge in [0.05, 0.1) is 30.3 Å². The molecule has 3 atom stereocenters. The molecule has 0 bridgehead atoms. The number of carbonyl (C=O) groups is 3. The molecule has 1 N–H and O–H groups in total. The number of nitrogens with zero attached hydrogens (tertiary/aromatic N) is 1. The molecule has 1 aromatic carbocycles. The summed E-state index contributed by atoms with van der Waals surface area (Å²) in [7, 11) is 1.22. The number of ketones is 1. The van der Waals surface area contributed by atoms with Crippen LogP contribution in [0.15, 0.2) is 46.8 Å². The van der Waals surface area contributed by atoms with Crippen molar-refractivity contribution in [2.75, 3.05) is 20.3 Å². The van der Waals surface area contributed by atoms with Crippen molar-refractivity contribution in [1.29, 1.82) is 0 Å². The Labute approximate surface area is 203 Å². The third-order valence-corrected chi connectivity index (χ3v) is 6.14. The van der Waals surface area contributed by atoms with Crippen molar-refractivity contribution >= 4 is 23.4 Å². The summed E-state index contributed by atoms with van der Waals surface area (Å²) in [4.78, 5) is 50.3. The smallest absolute Gasteiger partial charge is 0.336 e. The first-order valence-electron chi connectivity index (χ1n) is 11.4. The van der Waals surface area contributed by atoms with Crippen LogP contribution in [-0.2, 0) is 28.6 Å². The van der Waals surface area contributed by atoms with Gasteiger partial charge in [-0.15, -0.1) is 0 Å². The summed E-state index contributed by atoms with van der Waals surface area (Å²) >= 11 is 0. The van der Waals surface area contributed by atoms with Gasteiger partial charge in [0, 0.05) is 35.0 Å². The van der Waals surface area contributed by atoms with Gasteiger partial charge in [-0.05, 0) is 38.7 Å². The number of benzene rings is 1. The third-order valence-electron chi connectivity index (χ3n) is 6.14. The highest BCUT2D eigenvalue weighted by molar-refractivity contribution is 6.12. The largest absolute Gasteiger partial charge is 0.468 e. The van der Waals surface area contributed by atoms with Crippen molar-refractivity contribution in [2.45, 2.75) is 46.1 Å². The zero-order chi connectivity index (χ0) is 25.9. The van der Waals surface area contributed by atoms with E-state index < -0.39 is 34.5 Å². The number of Topliss-reactive ketones (excluding diaryl/α,β-unsaturated/α-hetero) is 1. The molecular weight excluding hydrogens is 456 g/mol. The molecule has 10 nitrogen and oxygen atoms in total. The molecule has 188 valence electrons. The Balaban J connectivity index is 2.09. The molecule has 0 saturated carbocycles. The maximum atomic E-state index is 13.7. The fraction of sp³-hybridized carbons (Fsp3) is 0.480. The third kappa shape index (κ3) is 5.43. The number of ether oxygens (including phenoxy) is 3. The lowest BCUT2D eigenvalue weighted by molar-refractivity contribution is -0.384. The van der Waals surface area contributed by atoms with Gasteiger partial charge in [-0.3, -0.25) is 19.7 Å². The Kier molecular flexibility index (Phi) is 8.06. The predicted octanol–water partition coefficient (Wildman–Crippen LogP) is 3.18. The molecule has 0 radical (unpaired) electrons. The average Bonchev–Trinajstić information content (AvgIpc) is 2.80. The number of dihydropyridines is 1. The van der Waals surface area contributed by atoms with Gasteiger partial charge in [0.1, 0.15) is 12.5 Å². The number of hydrogen-bond donors (Lipinski definition) is 1. The Morgan fingerprint density at radius 3 is 2.60 bits per heavy atom. The van der Waals surface area contributed by atoms with Crippen molar-refractivity contribution < 1.29 is 33.5 Å². The molecule has 1 aromatic rings. The molecule has 0 aromatic heterocycles. The standard InChI is InChI=1S/C25H30N2O8/c1-13(2)34-9-10-35-25(30)20-15(4)26-18-11-14(3)19(24(29)33-5)23(28)22(18)21(20)16-7-6-8-17(12-16)27(31)32/h6-8,12-14,19,21,26H,9-11H2,1-5H3/t14-,19-,21-/m1/s1. The fourth-order valence-electron chi connectivity index (χ4n) is 4.60. The molecule has 1 heterocycles.